The van der Waals surface area contributed by atoms with E-state index in [2.05, 4.69) is 74.5 Å². The Bertz CT molecular complexity index is 3500. The first kappa shape index (κ1) is 106. The summed E-state index contributed by atoms with van der Waals surface area (Å²) in [5, 5.41) is 117. The van der Waals surface area contributed by atoms with Crippen molar-refractivity contribution >= 4 is 59.1 Å². The number of hydrogen-bond donors (Lipinski definition) is 21. The summed E-state index contributed by atoms with van der Waals surface area (Å²) in [6.07, 6.45) is -0.0869. The molecule has 3 unspecified atom stereocenters. The van der Waals surface area contributed by atoms with Crippen LogP contribution in [-0.2, 0) is 112 Å². The molecule has 716 valence electrons. The van der Waals surface area contributed by atoms with Crippen molar-refractivity contribution in [2.45, 2.75) is 221 Å². The number of imide groups is 1. The molecular weight excluding hydrogens is 1670 g/mol. The molecule has 1 aromatic heterocycles. The van der Waals surface area contributed by atoms with E-state index in [1.54, 1.807) is 11.2 Å². The van der Waals surface area contributed by atoms with Gasteiger partial charge >= 0.3 is 0 Å². The zero-order valence-electron chi connectivity index (χ0n) is 72.0. The van der Waals surface area contributed by atoms with Gasteiger partial charge in [-0.3, -0.25) is 63.7 Å². The van der Waals surface area contributed by atoms with Crippen LogP contribution in [0.4, 0.5) is 0 Å². The molecule has 0 radical (unpaired) electrons. The van der Waals surface area contributed by atoms with Gasteiger partial charge in [-0.1, -0.05) is 43.7 Å². The molecule has 0 aromatic carbocycles. The number of nitrogens with two attached hydrogens (primary N) is 1. The number of rotatable bonds is 67. The fraction of sp³-hybridized carbons (Fsp3) is 0.769. The van der Waals surface area contributed by atoms with Crippen molar-refractivity contribution in [3.8, 4) is 0 Å². The smallest absolute Gasteiger partial charge is 0.253 e. The van der Waals surface area contributed by atoms with E-state index in [1.165, 1.54) is 50.0 Å². The largest absolute Gasteiger partial charge is 0.394 e. The van der Waals surface area contributed by atoms with E-state index < -0.39 is 134 Å². The number of aromatic nitrogens is 3. The number of carbonyl (C=O) groups excluding carboxylic acids is 10. The van der Waals surface area contributed by atoms with Gasteiger partial charge in [0.05, 0.1) is 155 Å². The van der Waals surface area contributed by atoms with Crippen LogP contribution in [0, 0.1) is 0 Å². The first-order valence-electron chi connectivity index (χ1n) is 42.7. The molecule has 6 heterocycles. The monoisotopic (exact) mass is 1800 g/mol. The van der Waals surface area contributed by atoms with Gasteiger partial charge in [0, 0.05) is 116 Å². The van der Waals surface area contributed by atoms with Crippen molar-refractivity contribution in [3.63, 3.8) is 0 Å². The maximum absolute atomic E-state index is 14.1. The molecule has 126 heavy (non-hydrogen) atoms. The van der Waals surface area contributed by atoms with Gasteiger partial charge < -0.3 is 156 Å². The van der Waals surface area contributed by atoms with Gasteiger partial charge in [0.15, 0.2) is 0 Å². The molecule has 10 amide bonds. The number of nitrogens with zero attached hydrogens (tertiary/aromatic N) is 5. The molecule has 48 nitrogen and oxygen atoms in total. The Balaban J connectivity index is 0.961. The molecule has 0 saturated carbocycles. The van der Waals surface area contributed by atoms with E-state index in [4.69, 9.17) is 62.7 Å². The minimum atomic E-state index is -1.49. The van der Waals surface area contributed by atoms with Gasteiger partial charge in [-0.15, -0.1) is 10.6 Å². The van der Waals surface area contributed by atoms with Crippen molar-refractivity contribution in [2.24, 2.45) is 5.84 Å². The molecule has 5 aliphatic rings. The predicted octanol–water partition coefficient (Wildman–Crippen LogP) is -7.88. The van der Waals surface area contributed by atoms with Crippen molar-refractivity contribution in [1.82, 2.24) is 89.1 Å². The molecule has 0 aliphatic carbocycles. The van der Waals surface area contributed by atoms with Crippen LogP contribution in [0.2, 0.25) is 0 Å². The molecule has 3 fully saturated rings. The van der Waals surface area contributed by atoms with Crippen LogP contribution < -0.4 is 70.1 Å². The van der Waals surface area contributed by atoms with Gasteiger partial charge in [-0.2, -0.15) is 0 Å². The van der Waals surface area contributed by atoms with Crippen molar-refractivity contribution in [3.05, 3.63) is 47.8 Å². The molecule has 48 heteroatoms. The normalized spacial score (nSPS) is 23.5. The highest BCUT2D eigenvalue weighted by Gasteiger charge is 2.49. The number of ether oxygens (including phenoxy) is 12. The van der Waals surface area contributed by atoms with E-state index in [-0.39, 0.29) is 244 Å². The second-order valence-electron chi connectivity index (χ2n) is 30.5. The van der Waals surface area contributed by atoms with Crippen LogP contribution in [0.15, 0.2) is 42.1 Å². The van der Waals surface area contributed by atoms with E-state index in [0.717, 1.165) is 43.4 Å². The van der Waals surface area contributed by atoms with Gasteiger partial charge in [0.25, 0.3) is 11.8 Å². The van der Waals surface area contributed by atoms with Gasteiger partial charge in [-0.05, 0) is 32.1 Å². The summed E-state index contributed by atoms with van der Waals surface area (Å²) in [5.41, 5.74) is 7.91. The average Bonchev–Trinajstić information content (AvgIpc) is 1.49. The van der Waals surface area contributed by atoms with Crippen LogP contribution in [0.1, 0.15) is 135 Å². The zero-order chi connectivity index (χ0) is 91.4. The Morgan fingerprint density at radius 1 is 0.524 bits per heavy atom. The van der Waals surface area contributed by atoms with Gasteiger partial charge in [0.2, 0.25) is 47.3 Å². The minimum Gasteiger partial charge on any atom is -0.394 e. The van der Waals surface area contributed by atoms with Crippen LogP contribution in [-0.4, -0.2) is 375 Å². The van der Waals surface area contributed by atoms with Crippen LogP contribution in [0.25, 0.3) is 0 Å². The summed E-state index contributed by atoms with van der Waals surface area (Å²) in [4.78, 5) is 128. The molecule has 0 bridgehead atoms. The third kappa shape index (κ3) is 39.7. The summed E-state index contributed by atoms with van der Waals surface area (Å²) in [6.45, 7) is 5.57. The second-order valence-corrected chi connectivity index (χ2v) is 30.5. The SMILES string of the molecule is CC(=O)N[C@@H]1[C@@H](O)[C@@H](O)CO[C@@H]1C1=CN(COCCOCCOCCNC(=O)CCC(CCC(=O)NCCOCCOCCOCN/C=C(\NN)C2O[C@H](CO)[C@H](O)[C@H](O)[C@H]2NC(C)=O)(CCC(=O)NCCOCCOCCOCn2cc(C3O[C@H](CO)[C@H](O)[C@H](O)[C@H]3NC(C)=O)nn2)NC(=O)CCCCCCCCCCC(=O)NCCN2C(=O)C=CC2=O)NN1. The maximum atomic E-state index is 14.1. The summed E-state index contributed by atoms with van der Waals surface area (Å²) in [6, 6.07) is -3.09. The molecule has 3 saturated heterocycles. The Labute approximate surface area is 731 Å². The van der Waals surface area contributed by atoms with E-state index in [9.17, 15) is 88.8 Å². The number of amides is 10. The molecule has 5 aliphatic heterocycles. The predicted molar refractivity (Wildman–Crippen MR) is 439 cm³/mol. The molecule has 1 aromatic rings. The standard InChI is InChI=1S/C78H134N18O30/c1-51(99)85-67-70(110)57(102)47-124-75(67)55-43-94(92-90-55)49-122-40-37-119-34-31-116-28-24-83-62(105)17-20-78(88-64(107)13-11-9-7-5-4-6-8-10-12-60(103)81-22-26-96-65(108)14-15-66(96)109,19-16-61(104)82-23-27-115-30-33-118-36-39-121-48-80-42-54(89-79)76-68(86-52(2)100)73(113)71(111)58(45-97)125-76)21-18-63(106)84-25-29-117-32-35-120-38-41-123-50-95-44-56(91-93-95)77-69(87-53(3)101)74(114)72(112)59(46-98)126-77/h14-15,42-44,57-59,67-77,80,89-90,92,97-98,102,110-114H,4-13,16-41,45-50,79H2,1-3H3,(H,81,103)(H,82,104)(H,83,105)(H,84,106)(H,85,99)(H,86,100)(H,87,101)(H,88,107)/b54-42-/t57-,58+,59+,67+,68+,69+,70-,71-,72-,73+,74+,75+,76?,77?,78?/m0/s1. The van der Waals surface area contributed by atoms with E-state index in [0.29, 0.717) is 25.0 Å². The summed E-state index contributed by atoms with van der Waals surface area (Å²) in [5.74, 6) is 1.88. The Hall–Kier alpha value is -8.42. The average molecular weight is 1800 g/mol. The molecular formula is C78H134N18O30. The molecule has 22 N–H and O–H groups in total. The highest BCUT2D eigenvalue weighted by Crippen LogP contribution is 2.33. The van der Waals surface area contributed by atoms with E-state index in [1.807, 2.05) is 0 Å². The first-order valence-corrected chi connectivity index (χ1v) is 42.7. The maximum Gasteiger partial charge on any atom is 0.253 e. The minimum absolute atomic E-state index is 0.0254. The summed E-state index contributed by atoms with van der Waals surface area (Å²) in [7, 11) is 0. The third-order valence-electron chi connectivity index (χ3n) is 20.6. The molecule has 6 rings (SSSR count). The van der Waals surface area contributed by atoms with Crippen molar-refractivity contribution < 1.29 is 146 Å². The van der Waals surface area contributed by atoms with Crippen molar-refractivity contribution in [1.29, 1.82) is 0 Å². The van der Waals surface area contributed by atoms with Crippen molar-refractivity contribution in [2.75, 3.05) is 165 Å². The highest BCUT2D eigenvalue weighted by atomic mass is 16.6. The van der Waals surface area contributed by atoms with Crippen LogP contribution in [0.3, 0.4) is 0 Å². The Morgan fingerprint density at radius 3 is 1.47 bits per heavy atom. The number of aliphatic hydroxyl groups excluding tert-OH is 8. The summed E-state index contributed by atoms with van der Waals surface area (Å²) < 4.78 is 69.6. The number of aliphatic hydroxyl groups is 8. The lowest BCUT2D eigenvalue weighted by atomic mass is 9.82. The number of nitrogens with one attached hydrogen (secondary N) is 12. The molecule has 0 spiro atoms. The highest BCUT2D eigenvalue weighted by molar-refractivity contribution is 6.12. The van der Waals surface area contributed by atoms with Gasteiger partial charge in [-0.25, -0.2) is 4.68 Å². The lowest BCUT2D eigenvalue weighted by Crippen LogP contribution is -2.65. The number of hydrogen-bond acceptors (Lipinski definition) is 38. The lowest BCUT2D eigenvalue weighted by molar-refractivity contribution is -0.198. The fourth-order valence-electron chi connectivity index (χ4n) is 14.0. The number of carbonyl (C=O) groups is 10. The second kappa shape index (κ2) is 60.4. The molecule has 15 atom stereocenters. The fourth-order valence-corrected chi connectivity index (χ4v) is 14.0. The quantitative estimate of drug-likeness (QED) is 0.00947. The van der Waals surface area contributed by atoms with Crippen LogP contribution in [0.5, 0.6) is 0 Å². The lowest BCUT2D eigenvalue weighted by Gasteiger charge is -2.43. The Kier molecular flexibility index (Phi) is 51.0. The van der Waals surface area contributed by atoms with Gasteiger partial charge in [0.1, 0.15) is 93.0 Å². The zero-order valence-corrected chi connectivity index (χ0v) is 72.0. The third-order valence-corrected chi connectivity index (χ3v) is 20.6. The van der Waals surface area contributed by atoms with Crippen LogP contribution >= 0.6 is 0 Å². The topological polar surface area (TPSA) is 651 Å². The summed E-state index contributed by atoms with van der Waals surface area (Å²) >= 11 is 0. The Morgan fingerprint density at radius 2 is 0.960 bits per heavy atom. The first-order chi connectivity index (χ1) is 60.8. The van der Waals surface area contributed by atoms with E-state index >= 15 is 0 Å². The number of unbranched alkanes of at least 4 members (excludes halogenated alkanes) is 7. The number of hydrazine groups is 3.